The number of aromatic amines is 4. The van der Waals surface area contributed by atoms with Gasteiger partial charge in [0.15, 0.2) is 34.9 Å². The molecule has 2 aliphatic carbocycles. The summed E-state index contributed by atoms with van der Waals surface area (Å²) in [6.07, 6.45) is 14.4. The monoisotopic (exact) mass is 1900 g/mol. The van der Waals surface area contributed by atoms with E-state index >= 15 is 0 Å². The highest BCUT2D eigenvalue weighted by molar-refractivity contribution is 6.42. The van der Waals surface area contributed by atoms with Crippen molar-refractivity contribution in [1.82, 2.24) is 64.8 Å². The Hall–Kier alpha value is -14.1. The van der Waals surface area contributed by atoms with E-state index in [4.69, 9.17) is 28.2 Å². The molecule has 4 aromatic heterocycles. The van der Waals surface area contributed by atoms with Gasteiger partial charge in [0.25, 0.3) is 0 Å². The second-order valence-electron chi connectivity index (χ2n) is 37.6. The van der Waals surface area contributed by atoms with Crippen molar-refractivity contribution >= 4 is 89.6 Å². The maximum absolute atomic E-state index is 13.9. The van der Waals surface area contributed by atoms with Gasteiger partial charge in [-0.3, -0.25) is 4.90 Å². The van der Waals surface area contributed by atoms with Crippen molar-refractivity contribution in [3.05, 3.63) is 378 Å². The lowest BCUT2D eigenvalue weighted by Gasteiger charge is -2.30. The van der Waals surface area contributed by atoms with Gasteiger partial charge in [0.1, 0.15) is 23.3 Å². The van der Waals surface area contributed by atoms with E-state index in [2.05, 4.69) is 158 Å². The van der Waals surface area contributed by atoms with Crippen LogP contribution in [0.5, 0.6) is 0 Å². The number of likely N-dealkylation sites (tertiary alicyclic amines) is 4. The molecule has 16 nitrogen and oxygen atoms in total. The predicted octanol–water partition coefficient (Wildman–Crippen LogP) is 26.2. The zero-order valence-electron chi connectivity index (χ0n) is 77.6. The molecule has 0 atom stereocenters. The van der Waals surface area contributed by atoms with Gasteiger partial charge in [-0.15, -0.1) is 0 Å². The first-order valence-corrected chi connectivity index (χ1v) is 48.9. The van der Waals surface area contributed by atoms with Crippen LogP contribution in [0.2, 0.25) is 10.0 Å². The number of nitrogens with zero attached hydrogens (tertiary/aromatic N) is 11. The molecule has 0 unspecified atom stereocenters. The van der Waals surface area contributed by atoms with Crippen LogP contribution in [0, 0.1) is 80.7 Å². The van der Waals surface area contributed by atoms with Gasteiger partial charge >= 0.3 is 0 Å². The molecule has 7 fully saturated rings. The molecule has 7 aliphatic rings. The third-order valence-electron chi connectivity index (χ3n) is 27.9. The number of aromatic nitrogens is 8. The van der Waals surface area contributed by atoms with Crippen LogP contribution in [0.4, 0.5) is 26.3 Å². The van der Waals surface area contributed by atoms with Crippen molar-refractivity contribution < 1.29 is 26.3 Å². The smallest absolute Gasteiger partial charge is 0.161 e. The second-order valence-corrected chi connectivity index (χ2v) is 38.5. The summed E-state index contributed by atoms with van der Waals surface area (Å²) in [5.41, 5.74) is 29.8. The lowest BCUT2D eigenvalue weighted by atomic mass is 9.91. The van der Waals surface area contributed by atoms with E-state index in [9.17, 15) is 42.1 Å². The van der Waals surface area contributed by atoms with Crippen LogP contribution in [0.1, 0.15) is 151 Å². The highest BCUT2D eigenvalue weighted by Crippen LogP contribution is 2.43. The van der Waals surface area contributed by atoms with Gasteiger partial charge in [0.05, 0.1) is 89.1 Å². The largest absolute Gasteiger partial charge is 0.338 e. The molecule has 5 aliphatic heterocycles. The van der Waals surface area contributed by atoms with Crippen molar-refractivity contribution in [2.24, 2.45) is 11.8 Å². The van der Waals surface area contributed by atoms with Crippen LogP contribution in [0.15, 0.2) is 265 Å². The van der Waals surface area contributed by atoms with Crippen LogP contribution in [0.25, 0.3) is 111 Å². The van der Waals surface area contributed by atoms with Gasteiger partial charge in [-0.1, -0.05) is 197 Å². The van der Waals surface area contributed by atoms with Crippen LogP contribution >= 0.6 is 23.2 Å². The SMILES string of the molecule is CN1CCC(=C(c2ccc(-c3cccc(C#N)c3)cc2)c2nc3cc(F)c(F)cc3[nH]2)CC1.Clc1cc2nc(C(=C3CCN(CC4CC4)CC3)c3ccc(-c4cccc(CN5CCC5)c4)cc3)[nH]c2cc1Cl.N#Cc1cccc(-c2ccc(C(=C3CCN(CC4CC4)CC3)c3nc4cc(F)c(F)cc4[nH]3)cc2)c1.N#Cc1cccc(-c2ccc(C(=C3CCNCC3)c3nc4cc(F)c(F)cc4[nH]3)cc2)c1. The number of hydrogen-bond donors (Lipinski definition) is 5. The number of nitrogens with one attached hydrogen (secondary N) is 5. The summed E-state index contributed by atoms with van der Waals surface area (Å²) in [4.78, 5) is 42.1. The molecular formula is C116H102Cl2F6N16. The molecule has 702 valence electrons. The molecule has 0 bridgehead atoms. The molecule has 140 heavy (non-hydrogen) atoms. The Morgan fingerprint density at radius 1 is 0.329 bits per heavy atom. The number of halogens is 8. The Labute approximate surface area is 819 Å². The van der Waals surface area contributed by atoms with Crippen LogP contribution < -0.4 is 5.32 Å². The maximum Gasteiger partial charge on any atom is 0.161 e. The summed E-state index contributed by atoms with van der Waals surface area (Å²) < 4.78 is 82.8. The van der Waals surface area contributed by atoms with Crippen LogP contribution in [0.3, 0.4) is 0 Å². The van der Waals surface area contributed by atoms with E-state index < -0.39 is 34.9 Å². The Bertz CT molecular complexity index is 7430. The second kappa shape index (κ2) is 41.9. The van der Waals surface area contributed by atoms with Gasteiger partial charge in [-0.05, 0) is 255 Å². The number of rotatable bonds is 18. The summed E-state index contributed by atoms with van der Waals surface area (Å²) >= 11 is 12.7. The van der Waals surface area contributed by atoms with Gasteiger partial charge < -0.3 is 40.0 Å². The van der Waals surface area contributed by atoms with E-state index in [1.165, 1.54) is 114 Å². The normalized spacial score (nSPS) is 15.9. The summed E-state index contributed by atoms with van der Waals surface area (Å²) in [5.74, 6) is -0.820. The molecule has 12 aromatic carbocycles. The van der Waals surface area contributed by atoms with Crippen LogP contribution in [-0.2, 0) is 6.54 Å². The van der Waals surface area contributed by atoms with E-state index in [-0.39, 0.29) is 0 Å². The fourth-order valence-electron chi connectivity index (χ4n) is 19.8. The zero-order valence-corrected chi connectivity index (χ0v) is 79.1. The maximum atomic E-state index is 13.9. The molecule has 0 radical (unpaired) electrons. The first kappa shape index (κ1) is 93.6. The molecule has 23 rings (SSSR count). The minimum atomic E-state index is -0.907. The fraction of sp³-hybridized carbons (Fsp3) is 0.250. The number of piperidine rings is 4. The number of fused-ring (bicyclic) bond motifs is 4. The van der Waals surface area contributed by atoms with Crippen molar-refractivity contribution in [3.63, 3.8) is 0 Å². The minimum absolute atomic E-state index is 0.399. The molecule has 9 heterocycles. The molecule has 5 saturated heterocycles. The predicted molar refractivity (Wildman–Crippen MR) is 545 cm³/mol. The summed E-state index contributed by atoms with van der Waals surface area (Å²) in [6, 6.07) is 82.3. The Morgan fingerprint density at radius 2 is 0.629 bits per heavy atom. The standard InChI is InChI=1S/C33H34Cl2N4.C30H26F2N4.C27H22F2N4.C26H20F2N4/c34-28-18-30-31(19-29(28)35)37-33(36-30)32(26-11-15-39(16-12-26)20-22-5-6-22)25-9-7-24(8-10-25)27-4-1-3-23(17-27)21-38-13-2-14-38;31-25-15-27-28(16-26(25)32)35-30(34-27)29(23-10-12-36(13-11-23)18-19-4-5-19)22-8-6-21(7-9-22)24-3-1-2-20(14-24)17-33;1-33-11-9-20(10-12-33)26(27-31-24-14-22(28)23(29)15-25(24)32-27)19-7-5-18(6-8-19)21-4-2-3-17(13-21)16-30;27-21-13-23-24(14-22(21)28)32-26(31-23)25(19-8-10-30-11-9-19)18-6-4-17(5-7-18)20-3-1-2-16(12-20)15-29/h1,3-4,7-10,17-19,22H,2,5-6,11-16,20-21H2,(H,36,37);1-3,6-9,14-16,19H,4-5,10-13,18H2,(H,34,35);2-8,13-15H,9-12H2,1H3,(H,31,32);1-7,12-14,30H,8-11H2,(H,31,32). The van der Waals surface area contributed by atoms with Crippen molar-refractivity contribution in [2.45, 2.75) is 90.0 Å². The molecule has 0 amide bonds. The highest BCUT2D eigenvalue weighted by Gasteiger charge is 2.32. The quantitative estimate of drug-likeness (QED) is 0.0508. The van der Waals surface area contributed by atoms with E-state index in [0.717, 1.165) is 236 Å². The highest BCUT2D eigenvalue weighted by atomic mass is 35.5. The summed E-state index contributed by atoms with van der Waals surface area (Å²) in [7, 11) is 2.10. The minimum Gasteiger partial charge on any atom is -0.338 e. The van der Waals surface area contributed by atoms with Gasteiger partial charge in [-0.25, -0.2) is 46.3 Å². The molecule has 24 heteroatoms. The Morgan fingerprint density at radius 3 is 0.957 bits per heavy atom. The Balaban J connectivity index is 0.000000115. The Kier molecular flexibility index (Phi) is 28.0. The molecule has 0 spiro atoms. The average Bonchev–Trinajstić information content (AvgIpc) is 1.62. The topological polar surface area (TPSA) is 211 Å². The van der Waals surface area contributed by atoms with Crippen molar-refractivity contribution in [1.29, 1.82) is 15.8 Å². The average molecular weight is 1910 g/mol. The number of imidazole rings is 4. The summed E-state index contributed by atoms with van der Waals surface area (Å²) in [5, 5.41) is 32.0. The molecule has 2 saturated carbocycles. The number of benzene rings is 12. The number of hydrogen-bond acceptors (Lipinski definition) is 12. The molecule has 16 aromatic rings. The van der Waals surface area contributed by atoms with Gasteiger partial charge in [-0.2, -0.15) is 15.8 Å². The van der Waals surface area contributed by atoms with Gasteiger partial charge in [0, 0.05) is 118 Å². The molecule has 5 N–H and O–H groups in total. The first-order valence-electron chi connectivity index (χ1n) is 48.2. The molecular weight excluding hydrogens is 1800 g/mol. The zero-order chi connectivity index (χ0) is 96.0. The first-order chi connectivity index (χ1) is 68.3. The van der Waals surface area contributed by atoms with Crippen molar-refractivity contribution in [2.75, 3.05) is 85.6 Å². The van der Waals surface area contributed by atoms with Gasteiger partial charge in [0.2, 0.25) is 0 Å². The van der Waals surface area contributed by atoms with E-state index in [1.54, 1.807) is 18.2 Å². The lowest BCUT2D eigenvalue weighted by Crippen LogP contribution is -2.36. The lowest BCUT2D eigenvalue weighted by molar-refractivity contribution is 0.172. The van der Waals surface area contributed by atoms with E-state index in [1.807, 2.05) is 115 Å². The number of H-pyrrole nitrogens is 4. The summed E-state index contributed by atoms with van der Waals surface area (Å²) in [6.45, 7) is 13.8. The third-order valence-corrected chi connectivity index (χ3v) is 28.6. The number of nitriles is 3. The van der Waals surface area contributed by atoms with E-state index in [0.29, 0.717) is 77.3 Å². The third kappa shape index (κ3) is 21.7. The van der Waals surface area contributed by atoms with Crippen molar-refractivity contribution in [3.8, 4) is 62.7 Å². The fourth-order valence-corrected chi connectivity index (χ4v) is 20.1. The van der Waals surface area contributed by atoms with Crippen LogP contribution in [-0.4, -0.2) is 145 Å².